The molecule has 5 nitrogen and oxygen atoms in total. The first-order valence-corrected chi connectivity index (χ1v) is 9.84. The monoisotopic (exact) mass is 417 g/mol. The van der Waals surface area contributed by atoms with E-state index in [1.807, 2.05) is 31.2 Å². The van der Waals surface area contributed by atoms with E-state index in [0.29, 0.717) is 5.89 Å². The molecule has 3 aromatic rings. The number of aryl methyl sites for hydroxylation is 1. The Kier molecular flexibility index (Phi) is 5.76. The number of hydrogen-bond acceptors (Lipinski definition) is 5. The van der Waals surface area contributed by atoms with Gasteiger partial charge in [0.25, 0.3) is 0 Å². The second-order valence-electron chi connectivity index (χ2n) is 7.48. The van der Waals surface area contributed by atoms with Gasteiger partial charge in [0.2, 0.25) is 11.7 Å². The number of benzene rings is 2. The average molecular weight is 417 g/mol. The van der Waals surface area contributed by atoms with Gasteiger partial charge in [-0.3, -0.25) is 0 Å². The Hall–Kier alpha value is -2.87. The van der Waals surface area contributed by atoms with E-state index >= 15 is 0 Å². The van der Waals surface area contributed by atoms with E-state index in [4.69, 9.17) is 9.26 Å². The molecule has 1 aliphatic heterocycles. The molecular weight excluding hydrogens is 395 g/mol. The van der Waals surface area contributed by atoms with Crippen molar-refractivity contribution < 1.29 is 22.4 Å². The van der Waals surface area contributed by atoms with Crippen LogP contribution in [0.25, 0.3) is 11.4 Å². The summed E-state index contributed by atoms with van der Waals surface area (Å²) >= 11 is 0. The normalized spacial score (nSPS) is 17.1. The molecular formula is C22H22F3N3O2. The van der Waals surface area contributed by atoms with Crippen LogP contribution in [-0.4, -0.2) is 23.2 Å². The van der Waals surface area contributed by atoms with Gasteiger partial charge in [-0.1, -0.05) is 35.0 Å². The lowest BCUT2D eigenvalue weighted by molar-refractivity contribution is -0.139. The van der Waals surface area contributed by atoms with Gasteiger partial charge in [0, 0.05) is 12.1 Å². The van der Waals surface area contributed by atoms with Crippen LogP contribution in [0.1, 0.15) is 41.3 Å². The van der Waals surface area contributed by atoms with E-state index in [1.165, 1.54) is 12.1 Å². The standard InChI is InChI=1S/C22H22F3N3O2/c1-14-4-6-15(7-5-14)13-29-19-9-8-16(11-18(19)22(23,24)25)20-27-21(30-28-20)17-3-2-10-26-12-17/h4-9,11,17,26H,2-3,10,12-13H2,1H3/t17-/m1/s1. The zero-order valence-electron chi connectivity index (χ0n) is 16.5. The predicted molar refractivity (Wildman–Crippen MR) is 105 cm³/mol. The maximum absolute atomic E-state index is 13.7. The van der Waals surface area contributed by atoms with Crippen LogP contribution in [-0.2, 0) is 12.8 Å². The summed E-state index contributed by atoms with van der Waals surface area (Å²) in [5, 5.41) is 7.15. The van der Waals surface area contributed by atoms with Crippen molar-refractivity contribution in [2.75, 3.05) is 13.1 Å². The van der Waals surface area contributed by atoms with Gasteiger partial charge in [-0.2, -0.15) is 18.2 Å². The van der Waals surface area contributed by atoms with Crippen molar-refractivity contribution in [2.24, 2.45) is 0 Å². The third-order valence-corrected chi connectivity index (χ3v) is 5.15. The summed E-state index contributed by atoms with van der Waals surface area (Å²) in [6.45, 7) is 3.65. The van der Waals surface area contributed by atoms with Gasteiger partial charge in [0.15, 0.2) is 0 Å². The quantitative estimate of drug-likeness (QED) is 0.625. The van der Waals surface area contributed by atoms with Crippen molar-refractivity contribution in [3.05, 3.63) is 65.0 Å². The molecule has 0 amide bonds. The van der Waals surface area contributed by atoms with Gasteiger partial charge < -0.3 is 14.6 Å². The van der Waals surface area contributed by atoms with Crippen molar-refractivity contribution in [2.45, 2.75) is 38.5 Å². The summed E-state index contributed by atoms with van der Waals surface area (Å²) in [6.07, 6.45) is -2.67. The third kappa shape index (κ3) is 4.64. The maximum Gasteiger partial charge on any atom is 0.419 e. The van der Waals surface area contributed by atoms with Crippen molar-refractivity contribution >= 4 is 0 Å². The zero-order chi connectivity index (χ0) is 21.1. The summed E-state index contributed by atoms with van der Waals surface area (Å²) in [4.78, 5) is 4.33. The van der Waals surface area contributed by atoms with Crippen LogP contribution in [0.5, 0.6) is 5.75 Å². The number of piperidine rings is 1. The molecule has 8 heteroatoms. The summed E-state index contributed by atoms with van der Waals surface area (Å²) < 4.78 is 51.8. The zero-order valence-corrected chi connectivity index (χ0v) is 16.5. The number of alkyl halides is 3. The van der Waals surface area contributed by atoms with Gasteiger partial charge in [0.05, 0.1) is 11.5 Å². The Bertz CT molecular complexity index is 994. The second kappa shape index (κ2) is 8.47. The van der Waals surface area contributed by atoms with Gasteiger partial charge in [0.1, 0.15) is 12.4 Å². The van der Waals surface area contributed by atoms with Crippen molar-refractivity contribution in [3.63, 3.8) is 0 Å². The molecule has 0 saturated carbocycles. The van der Waals surface area contributed by atoms with Crippen LogP contribution < -0.4 is 10.1 Å². The van der Waals surface area contributed by atoms with Crippen LogP contribution in [0.2, 0.25) is 0 Å². The average Bonchev–Trinajstić information content (AvgIpc) is 3.24. The molecule has 1 aliphatic rings. The SMILES string of the molecule is Cc1ccc(COc2ccc(-c3noc([C@@H]4CCCNC4)n3)cc2C(F)(F)F)cc1. The third-order valence-electron chi connectivity index (χ3n) is 5.15. The molecule has 1 N–H and O–H groups in total. The molecule has 1 saturated heterocycles. The highest BCUT2D eigenvalue weighted by Gasteiger charge is 2.35. The molecule has 2 aromatic carbocycles. The fourth-order valence-electron chi connectivity index (χ4n) is 3.44. The number of rotatable bonds is 5. The van der Waals surface area contributed by atoms with E-state index in [1.54, 1.807) is 0 Å². The minimum Gasteiger partial charge on any atom is -0.488 e. The summed E-state index contributed by atoms with van der Waals surface area (Å²) in [5.74, 6) is 0.447. The van der Waals surface area contributed by atoms with Crippen LogP contribution in [0.15, 0.2) is 47.0 Å². The Morgan fingerprint density at radius 3 is 2.67 bits per heavy atom. The Labute approximate surface area is 172 Å². The number of nitrogens with one attached hydrogen (secondary N) is 1. The van der Waals surface area contributed by atoms with E-state index in [-0.39, 0.29) is 29.7 Å². The van der Waals surface area contributed by atoms with E-state index < -0.39 is 11.7 Å². The lowest BCUT2D eigenvalue weighted by Crippen LogP contribution is -2.28. The van der Waals surface area contributed by atoms with Gasteiger partial charge in [-0.05, 0) is 50.1 Å². The molecule has 0 aliphatic carbocycles. The molecule has 0 radical (unpaired) electrons. The number of hydrogen-bond donors (Lipinski definition) is 1. The first-order chi connectivity index (χ1) is 14.4. The molecule has 1 aromatic heterocycles. The van der Waals surface area contributed by atoms with Crippen LogP contribution >= 0.6 is 0 Å². The smallest absolute Gasteiger partial charge is 0.419 e. The molecule has 2 heterocycles. The second-order valence-corrected chi connectivity index (χ2v) is 7.48. The highest BCUT2D eigenvalue weighted by atomic mass is 19.4. The number of aromatic nitrogens is 2. The minimum absolute atomic E-state index is 0.0454. The van der Waals surface area contributed by atoms with Crippen LogP contribution in [0, 0.1) is 6.92 Å². The number of nitrogens with zero attached hydrogens (tertiary/aromatic N) is 2. The predicted octanol–water partition coefficient (Wildman–Crippen LogP) is 5.11. The van der Waals surface area contributed by atoms with Crippen LogP contribution in [0.4, 0.5) is 13.2 Å². The molecule has 0 bridgehead atoms. The first kappa shape index (κ1) is 20.4. The maximum atomic E-state index is 13.7. The number of halogens is 3. The molecule has 1 fully saturated rings. The summed E-state index contributed by atoms with van der Waals surface area (Å²) in [5.41, 5.74) is 1.24. The lowest BCUT2D eigenvalue weighted by atomic mass is 10.00. The van der Waals surface area contributed by atoms with Crippen molar-refractivity contribution in [3.8, 4) is 17.1 Å². The Morgan fingerprint density at radius 2 is 1.97 bits per heavy atom. The van der Waals surface area contributed by atoms with E-state index in [0.717, 1.165) is 43.1 Å². The minimum atomic E-state index is -4.57. The first-order valence-electron chi connectivity index (χ1n) is 9.84. The largest absolute Gasteiger partial charge is 0.488 e. The fraction of sp³-hybridized carbons (Fsp3) is 0.364. The van der Waals surface area contributed by atoms with Gasteiger partial charge >= 0.3 is 6.18 Å². The van der Waals surface area contributed by atoms with Crippen molar-refractivity contribution in [1.82, 2.24) is 15.5 Å². The molecule has 0 unspecified atom stereocenters. The van der Waals surface area contributed by atoms with Crippen LogP contribution in [0.3, 0.4) is 0 Å². The molecule has 158 valence electrons. The fourth-order valence-corrected chi connectivity index (χ4v) is 3.44. The Morgan fingerprint density at radius 1 is 1.17 bits per heavy atom. The van der Waals surface area contributed by atoms with E-state index in [9.17, 15) is 13.2 Å². The van der Waals surface area contributed by atoms with E-state index in [2.05, 4.69) is 15.5 Å². The van der Waals surface area contributed by atoms with Gasteiger partial charge in [-0.15, -0.1) is 0 Å². The topological polar surface area (TPSA) is 60.2 Å². The van der Waals surface area contributed by atoms with Gasteiger partial charge in [-0.25, -0.2) is 0 Å². The molecule has 1 atom stereocenters. The highest BCUT2D eigenvalue weighted by Crippen LogP contribution is 2.39. The molecule has 30 heavy (non-hydrogen) atoms. The lowest BCUT2D eigenvalue weighted by Gasteiger charge is -2.18. The summed E-state index contributed by atoms with van der Waals surface area (Å²) in [7, 11) is 0. The Balaban J connectivity index is 1.56. The molecule has 0 spiro atoms. The molecule has 4 rings (SSSR count). The summed E-state index contributed by atoms with van der Waals surface area (Å²) in [6, 6.07) is 11.3. The number of ether oxygens (including phenoxy) is 1. The van der Waals surface area contributed by atoms with Crippen molar-refractivity contribution in [1.29, 1.82) is 0 Å². The highest BCUT2D eigenvalue weighted by molar-refractivity contribution is 5.59.